The summed E-state index contributed by atoms with van der Waals surface area (Å²) in [5.41, 5.74) is 0.795. The Morgan fingerprint density at radius 2 is 2.00 bits per heavy atom. The molecule has 1 N–H and O–H groups in total. The Bertz CT molecular complexity index is 525. The van der Waals surface area contributed by atoms with Crippen molar-refractivity contribution in [2.24, 2.45) is 0 Å². The highest BCUT2D eigenvalue weighted by Crippen LogP contribution is 2.21. The Hall–Kier alpha value is -1.07. The first-order chi connectivity index (χ1) is 10.8. The van der Waals surface area contributed by atoms with Gasteiger partial charge in [-0.05, 0) is 58.2 Å². The summed E-state index contributed by atoms with van der Waals surface area (Å²) < 4.78 is 6.61. The zero-order chi connectivity index (χ0) is 17.0. The van der Waals surface area contributed by atoms with Crippen molar-refractivity contribution in [2.45, 2.75) is 64.8 Å². The number of halogens is 1. The molecule has 0 saturated carbocycles. The minimum absolute atomic E-state index is 0.133. The summed E-state index contributed by atoms with van der Waals surface area (Å²) in [6, 6.07) is 8.74. The van der Waals surface area contributed by atoms with E-state index < -0.39 is 5.60 Å². The standard InChI is InChI=1S/C18H27BrN2O2/c1-13-16(20-12-14-7-9-15(19)10-8-14)6-5-11-21(13)17(22)23-18(2,3)4/h7-10,13,16,20H,5-6,11-12H2,1-4H3. The van der Waals surface area contributed by atoms with Crippen molar-refractivity contribution in [3.8, 4) is 0 Å². The van der Waals surface area contributed by atoms with Crippen molar-refractivity contribution in [3.63, 3.8) is 0 Å². The molecule has 2 rings (SSSR count). The summed E-state index contributed by atoms with van der Waals surface area (Å²) in [4.78, 5) is 14.2. The minimum Gasteiger partial charge on any atom is -0.444 e. The molecule has 23 heavy (non-hydrogen) atoms. The highest BCUT2D eigenvalue weighted by atomic mass is 79.9. The molecule has 5 heteroatoms. The van der Waals surface area contributed by atoms with E-state index in [1.807, 2.05) is 37.8 Å². The largest absolute Gasteiger partial charge is 0.444 e. The van der Waals surface area contributed by atoms with Crippen LogP contribution in [0, 0.1) is 0 Å². The molecule has 1 heterocycles. The Balaban J connectivity index is 1.92. The first kappa shape index (κ1) is 18.3. The zero-order valence-electron chi connectivity index (χ0n) is 14.4. The maximum atomic E-state index is 12.4. The monoisotopic (exact) mass is 382 g/mol. The van der Waals surface area contributed by atoms with E-state index >= 15 is 0 Å². The normalized spacial score (nSPS) is 22.0. The number of rotatable bonds is 3. The molecule has 1 aliphatic heterocycles. The van der Waals surface area contributed by atoms with Crippen LogP contribution < -0.4 is 5.32 Å². The van der Waals surface area contributed by atoms with Gasteiger partial charge in [0.1, 0.15) is 5.60 Å². The molecule has 1 aliphatic rings. The highest BCUT2D eigenvalue weighted by molar-refractivity contribution is 9.10. The number of hydrogen-bond acceptors (Lipinski definition) is 3. The molecule has 0 aliphatic carbocycles. The third-order valence-electron chi connectivity index (χ3n) is 4.10. The number of nitrogens with one attached hydrogen (secondary N) is 1. The molecule has 1 amide bonds. The van der Waals surface area contributed by atoms with E-state index in [1.54, 1.807) is 0 Å². The Morgan fingerprint density at radius 3 is 2.61 bits per heavy atom. The van der Waals surface area contributed by atoms with Crippen molar-refractivity contribution in [3.05, 3.63) is 34.3 Å². The van der Waals surface area contributed by atoms with E-state index in [0.29, 0.717) is 6.04 Å². The van der Waals surface area contributed by atoms with Crippen molar-refractivity contribution in [1.29, 1.82) is 0 Å². The van der Waals surface area contributed by atoms with Gasteiger partial charge in [0.05, 0.1) is 0 Å². The second kappa shape index (κ2) is 7.67. The quantitative estimate of drug-likeness (QED) is 0.845. The number of ether oxygens (including phenoxy) is 1. The molecule has 2 atom stereocenters. The summed E-state index contributed by atoms with van der Waals surface area (Å²) in [5.74, 6) is 0. The molecular formula is C18H27BrN2O2. The topological polar surface area (TPSA) is 41.6 Å². The lowest BCUT2D eigenvalue weighted by Gasteiger charge is -2.40. The van der Waals surface area contributed by atoms with E-state index in [2.05, 4.69) is 40.3 Å². The van der Waals surface area contributed by atoms with Crippen LogP contribution in [0.4, 0.5) is 4.79 Å². The zero-order valence-corrected chi connectivity index (χ0v) is 16.0. The summed E-state index contributed by atoms with van der Waals surface area (Å²) >= 11 is 3.45. The Morgan fingerprint density at radius 1 is 1.35 bits per heavy atom. The number of carbonyl (C=O) groups is 1. The average molecular weight is 383 g/mol. The van der Waals surface area contributed by atoms with Gasteiger partial charge in [0.2, 0.25) is 0 Å². The summed E-state index contributed by atoms with van der Waals surface area (Å²) in [7, 11) is 0. The van der Waals surface area contributed by atoms with Gasteiger partial charge in [-0.3, -0.25) is 0 Å². The van der Waals surface area contributed by atoms with Crippen LogP contribution in [0.1, 0.15) is 46.1 Å². The second-order valence-electron chi connectivity index (χ2n) is 7.17. The van der Waals surface area contributed by atoms with Crippen LogP contribution in [0.2, 0.25) is 0 Å². The van der Waals surface area contributed by atoms with E-state index in [-0.39, 0.29) is 12.1 Å². The predicted molar refractivity (Wildman–Crippen MR) is 96.4 cm³/mol. The van der Waals surface area contributed by atoms with E-state index in [4.69, 9.17) is 4.74 Å². The number of benzene rings is 1. The van der Waals surface area contributed by atoms with Crippen molar-refractivity contribution in [2.75, 3.05) is 6.54 Å². The second-order valence-corrected chi connectivity index (χ2v) is 8.09. The van der Waals surface area contributed by atoms with Gasteiger partial charge in [-0.15, -0.1) is 0 Å². The van der Waals surface area contributed by atoms with Gasteiger partial charge >= 0.3 is 6.09 Å². The summed E-state index contributed by atoms with van der Waals surface area (Å²) in [6.07, 6.45) is 1.87. The van der Waals surface area contributed by atoms with Crippen LogP contribution in [0.25, 0.3) is 0 Å². The van der Waals surface area contributed by atoms with Crippen LogP contribution in [0.3, 0.4) is 0 Å². The molecule has 0 aromatic heterocycles. The number of hydrogen-bond donors (Lipinski definition) is 1. The van der Waals surface area contributed by atoms with Gasteiger partial charge in [0.15, 0.2) is 0 Å². The molecular weight excluding hydrogens is 356 g/mol. The van der Waals surface area contributed by atoms with Crippen molar-refractivity contribution >= 4 is 22.0 Å². The van der Waals surface area contributed by atoms with Crippen LogP contribution in [0.5, 0.6) is 0 Å². The number of piperidine rings is 1. The highest BCUT2D eigenvalue weighted by Gasteiger charge is 2.33. The Kier molecular flexibility index (Phi) is 6.09. The maximum Gasteiger partial charge on any atom is 0.410 e. The molecule has 0 radical (unpaired) electrons. The lowest BCUT2D eigenvalue weighted by atomic mass is 9.97. The van der Waals surface area contributed by atoms with Crippen LogP contribution in [-0.4, -0.2) is 35.2 Å². The molecule has 0 bridgehead atoms. The number of likely N-dealkylation sites (tertiary alicyclic amines) is 1. The van der Waals surface area contributed by atoms with Crippen LogP contribution in [-0.2, 0) is 11.3 Å². The summed E-state index contributed by atoms with van der Waals surface area (Å²) in [5, 5.41) is 3.59. The van der Waals surface area contributed by atoms with E-state index in [1.165, 1.54) is 5.56 Å². The van der Waals surface area contributed by atoms with Gasteiger partial charge in [-0.1, -0.05) is 28.1 Å². The van der Waals surface area contributed by atoms with Crippen LogP contribution >= 0.6 is 15.9 Å². The minimum atomic E-state index is -0.450. The van der Waals surface area contributed by atoms with Gasteiger partial charge in [-0.25, -0.2) is 4.79 Å². The van der Waals surface area contributed by atoms with Gasteiger partial charge in [0, 0.05) is 29.6 Å². The predicted octanol–water partition coefficient (Wildman–Crippen LogP) is 4.33. The molecule has 4 nitrogen and oxygen atoms in total. The first-order valence-corrected chi connectivity index (χ1v) is 9.03. The average Bonchev–Trinajstić information content (AvgIpc) is 2.46. The van der Waals surface area contributed by atoms with Gasteiger partial charge in [0.25, 0.3) is 0 Å². The molecule has 1 saturated heterocycles. The van der Waals surface area contributed by atoms with Crippen LogP contribution in [0.15, 0.2) is 28.7 Å². The fraction of sp³-hybridized carbons (Fsp3) is 0.611. The van der Waals surface area contributed by atoms with Crippen molar-refractivity contribution in [1.82, 2.24) is 10.2 Å². The van der Waals surface area contributed by atoms with Gasteiger partial charge in [-0.2, -0.15) is 0 Å². The van der Waals surface area contributed by atoms with E-state index in [9.17, 15) is 4.79 Å². The van der Waals surface area contributed by atoms with Crippen molar-refractivity contribution < 1.29 is 9.53 Å². The SMILES string of the molecule is CC1C(NCc2ccc(Br)cc2)CCCN1C(=O)OC(C)(C)C. The third kappa shape index (κ3) is 5.50. The lowest BCUT2D eigenvalue weighted by molar-refractivity contribution is 0.00699. The molecule has 0 spiro atoms. The molecule has 1 fully saturated rings. The summed E-state index contributed by atoms with van der Waals surface area (Å²) in [6.45, 7) is 9.40. The molecule has 1 aromatic carbocycles. The smallest absolute Gasteiger partial charge is 0.410 e. The van der Waals surface area contributed by atoms with Gasteiger partial charge < -0.3 is 15.0 Å². The maximum absolute atomic E-state index is 12.4. The Labute approximate surface area is 147 Å². The lowest BCUT2D eigenvalue weighted by Crippen LogP contribution is -2.55. The number of nitrogens with zero attached hydrogens (tertiary/aromatic N) is 1. The molecule has 128 valence electrons. The fourth-order valence-corrected chi connectivity index (χ4v) is 3.11. The number of amides is 1. The molecule has 2 unspecified atom stereocenters. The fourth-order valence-electron chi connectivity index (χ4n) is 2.85. The first-order valence-electron chi connectivity index (χ1n) is 8.24. The molecule has 1 aromatic rings. The number of carbonyl (C=O) groups excluding carboxylic acids is 1. The third-order valence-corrected chi connectivity index (χ3v) is 4.63. The van der Waals surface area contributed by atoms with E-state index in [0.717, 1.165) is 30.4 Å².